The van der Waals surface area contributed by atoms with Crippen LogP contribution in [-0.2, 0) is 12.4 Å². The van der Waals surface area contributed by atoms with Crippen LogP contribution in [-0.4, -0.2) is 6.21 Å². The first-order chi connectivity index (χ1) is 10.6. The molecule has 0 spiro atoms. The normalized spacial score (nSPS) is 12.8. The Kier molecular flexibility index (Phi) is 4.70. The average molecular weight is 352 g/mol. The van der Waals surface area contributed by atoms with Gasteiger partial charge in [0.25, 0.3) is 0 Å². The Balaban J connectivity index is 2.43. The van der Waals surface area contributed by atoms with Gasteiger partial charge in [0.2, 0.25) is 0 Å². The molecule has 122 valence electrons. The molecule has 0 aliphatic carbocycles. The summed E-state index contributed by atoms with van der Waals surface area (Å²) in [7, 11) is 0. The largest absolute Gasteiger partial charge is 0.416 e. The lowest BCUT2D eigenvalue weighted by Crippen LogP contribution is -2.10. The molecule has 2 aromatic carbocycles. The molecule has 23 heavy (non-hydrogen) atoms. The van der Waals surface area contributed by atoms with E-state index in [2.05, 4.69) is 4.99 Å². The zero-order chi connectivity index (χ0) is 17.3. The lowest BCUT2D eigenvalue weighted by molar-refractivity contribution is -0.143. The number of hydrogen-bond donors (Lipinski definition) is 0. The van der Waals surface area contributed by atoms with E-state index in [1.165, 1.54) is 24.3 Å². The third-order valence-electron chi connectivity index (χ3n) is 2.81. The van der Waals surface area contributed by atoms with E-state index in [1.54, 1.807) is 0 Å². The molecule has 1 nitrogen and oxygen atoms in total. The van der Waals surface area contributed by atoms with Crippen molar-refractivity contribution in [2.75, 3.05) is 0 Å². The van der Waals surface area contributed by atoms with E-state index in [1.807, 2.05) is 0 Å². The first-order valence-electron chi connectivity index (χ1n) is 6.15. The lowest BCUT2D eigenvalue weighted by Gasteiger charge is -2.12. The topological polar surface area (TPSA) is 12.4 Å². The minimum atomic E-state index is -4.90. The van der Waals surface area contributed by atoms with Crippen molar-refractivity contribution in [1.82, 2.24) is 0 Å². The molecule has 0 N–H and O–H groups in total. The van der Waals surface area contributed by atoms with Crippen LogP contribution in [0.4, 0.5) is 32.0 Å². The summed E-state index contributed by atoms with van der Waals surface area (Å²) in [5.74, 6) is 0. The number of halogens is 7. The second kappa shape index (κ2) is 6.23. The van der Waals surface area contributed by atoms with Gasteiger partial charge in [-0.05, 0) is 35.9 Å². The molecule has 2 aromatic rings. The molecule has 0 bridgehead atoms. The fraction of sp³-hybridized carbons (Fsp3) is 0.133. The van der Waals surface area contributed by atoms with Gasteiger partial charge < -0.3 is 0 Å². The van der Waals surface area contributed by atoms with Gasteiger partial charge in [-0.25, -0.2) is 0 Å². The number of aliphatic imine (C=N–C) groups is 1. The number of rotatable bonds is 2. The molecule has 0 unspecified atom stereocenters. The van der Waals surface area contributed by atoms with Crippen molar-refractivity contribution < 1.29 is 26.3 Å². The Hall–Kier alpha value is -2.02. The van der Waals surface area contributed by atoms with E-state index in [9.17, 15) is 26.3 Å². The third-order valence-corrected chi connectivity index (χ3v) is 3.06. The fourth-order valence-corrected chi connectivity index (χ4v) is 1.84. The Morgan fingerprint density at radius 3 is 1.70 bits per heavy atom. The molecule has 0 aromatic heterocycles. The van der Waals surface area contributed by atoms with Crippen LogP contribution in [0.25, 0.3) is 0 Å². The zero-order valence-corrected chi connectivity index (χ0v) is 12.0. The molecule has 0 fully saturated rings. The van der Waals surface area contributed by atoms with Gasteiger partial charge in [-0.15, -0.1) is 0 Å². The molecule has 0 amide bonds. The Labute approximate surface area is 132 Å². The SMILES string of the molecule is FC(F)(F)c1cc(N=Cc2ccc(Cl)cc2)cc(C(F)(F)F)c1. The van der Waals surface area contributed by atoms with Crippen LogP contribution in [0.3, 0.4) is 0 Å². The first kappa shape index (κ1) is 17.3. The third kappa shape index (κ3) is 4.72. The summed E-state index contributed by atoms with van der Waals surface area (Å²) in [6.45, 7) is 0. The van der Waals surface area contributed by atoms with Gasteiger partial charge in [0.05, 0.1) is 16.8 Å². The monoisotopic (exact) mass is 351 g/mol. The van der Waals surface area contributed by atoms with Crippen molar-refractivity contribution in [2.24, 2.45) is 4.99 Å². The highest BCUT2D eigenvalue weighted by atomic mass is 35.5. The van der Waals surface area contributed by atoms with Crippen LogP contribution in [0.1, 0.15) is 16.7 Å². The van der Waals surface area contributed by atoms with Crippen molar-refractivity contribution in [2.45, 2.75) is 12.4 Å². The van der Waals surface area contributed by atoms with Gasteiger partial charge in [0.1, 0.15) is 0 Å². The highest BCUT2D eigenvalue weighted by molar-refractivity contribution is 6.30. The van der Waals surface area contributed by atoms with Crippen LogP contribution in [0.2, 0.25) is 5.02 Å². The standard InChI is InChI=1S/C15H8ClF6N/c16-12-3-1-9(2-4-12)8-23-13-6-10(14(17,18)19)5-11(7-13)15(20,21)22/h1-8H. The molecule has 0 heterocycles. The van der Waals surface area contributed by atoms with Crippen molar-refractivity contribution in [1.29, 1.82) is 0 Å². The average Bonchev–Trinajstić information content (AvgIpc) is 2.44. The second-order valence-electron chi connectivity index (χ2n) is 4.57. The van der Waals surface area contributed by atoms with Crippen molar-refractivity contribution in [3.63, 3.8) is 0 Å². The molecule has 0 radical (unpaired) electrons. The molecule has 0 aliphatic rings. The van der Waals surface area contributed by atoms with Crippen LogP contribution >= 0.6 is 11.6 Å². The molecule has 2 rings (SSSR count). The summed E-state index contributed by atoms with van der Waals surface area (Å²) in [5.41, 5.74) is -2.77. The summed E-state index contributed by atoms with van der Waals surface area (Å²) in [6.07, 6.45) is -8.64. The highest BCUT2D eigenvalue weighted by Crippen LogP contribution is 2.38. The van der Waals surface area contributed by atoms with Crippen molar-refractivity contribution >= 4 is 23.5 Å². The summed E-state index contributed by atoms with van der Waals surface area (Å²) < 4.78 is 76.3. The van der Waals surface area contributed by atoms with Gasteiger partial charge in [-0.3, -0.25) is 4.99 Å². The minimum absolute atomic E-state index is 0.0569. The van der Waals surface area contributed by atoms with E-state index >= 15 is 0 Å². The molecule has 0 atom stereocenters. The molecular weight excluding hydrogens is 344 g/mol. The zero-order valence-electron chi connectivity index (χ0n) is 11.2. The Bertz CT molecular complexity index is 684. The van der Waals surface area contributed by atoms with E-state index in [-0.39, 0.29) is 6.07 Å². The summed E-state index contributed by atoms with van der Waals surface area (Å²) in [6, 6.07) is 7.28. The summed E-state index contributed by atoms with van der Waals surface area (Å²) >= 11 is 5.68. The van der Waals surface area contributed by atoms with Gasteiger partial charge >= 0.3 is 12.4 Å². The van der Waals surface area contributed by atoms with E-state index < -0.39 is 29.2 Å². The quantitative estimate of drug-likeness (QED) is 0.456. The van der Waals surface area contributed by atoms with Crippen LogP contribution < -0.4 is 0 Å². The molecular formula is C15H8ClF6N. The number of nitrogens with zero attached hydrogens (tertiary/aromatic N) is 1. The fourth-order valence-electron chi connectivity index (χ4n) is 1.71. The number of benzene rings is 2. The maximum absolute atomic E-state index is 12.7. The summed E-state index contributed by atoms with van der Waals surface area (Å²) in [4.78, 5) is 3.69. The van der Waals surface area contributed by atoms with E-state index in [4.69, 9.17) is 11.6 Å². The predicted molar refractivity (Wildman–Crippen MR) is 75.2 cm³/mol. The molecule has 8 heteroatoms. The van der Waals surface area contributed by atoms with E-state index in [0.717, 1.165) is 6.21 Å². The van der Waals surface area contributed by atoms with E-state index in [0.29, 0.717) is 22.7 Å². The van der Waals surface area contributed by atoms with Crippen LogP contribution in [0.15, 0.2) is 47.5 Å². The molecule has 0 saturated carbocycles. The number of hydrogen-bond acceptors (Lipinski definition) is 1. The Morgan fingerprint density at radius 2 is 1.26 bits per heavy atom. The van der Waals surface area contributed by atoms with Gasteiger partial charge in [0.15, 0.2) is 0 Å². The molecule has 0 saturated heterocycles. The maximum atomic E-state index is 12.7. The van der Waals surface area contributed by atoms with Crippen LogP contribution in [0, 0.1) is 0 Å². The second-order valence-corrected chi connectivity index (χ2v) is 5.01. The smallest absolute Gasteiger partial charge is 0.256 e. The number of alkyl halides is 6. The van der Waals surface area contributed by atoms with Crippen molar-refractivity contribution in [3.8, 4) is 0 Å². The Morgan fingerprint density at radius 1 is 0.783 bits per heavy atom. The predicted octanol–water partition coefficient (Wildman–Crippen LogP) is 6.13. The first-order valence-corrected chi connectivity index (χ1v) is 6.52. The maximum Gasteiger partial charge on any atom is 0.416 e. The van der Waals surface area contributed by atoms with Crippen LogP contribution in [0.5, 0.6) is 0 Å². The molecule has 0 aliphatic heterocycles. The minimum Gasteiger partial charge on any atom is -0.256 e. The lowest BCUT2D eigenvalue weighted by atomic mass is 10.1. The highest BCUT2D eigenvalue weighted by Gasteiger charge is 2.36. The van der Waals surface area contributed by atoms with Gasteiger partial charge in [0, 0.05) is 11.2 Å². The van der Waals surface area contributed by atoms with Gasteiger partial charge in [-0.2, -0.15) is 26.3 Å². The van der Waals surface area contributed by atoms with Crippen molar-refractivity contribution in [3.05, 3.63) is 64.2 Å². The summed E-state index contributed by atoms with van der Waals surface area (Å²) in [5, 5.41) is 0.445. The van der Waals surface area contributed by atoms with Gasteiger partial charge in [-0.1, -0.05) is 23.7 Å².